The number of hydrogen-bond donors (Lipinski definition) is 0. The third kappa shape index (κ3) is 4.65. The Hall–Kier alpha value is -3.32. The zero-order valence-electron chi connectivity index (χ0n) is 26.9. The molecule has 3 fully saturated rings. The number of carbonyl (C=O) groups excluding carboxylic acids is 2. The van der Waals surface area contributed by atoms with Gasteiger partial charge in [-0.25, -0.2) is 4.79 Å². The van der Waals surface area contributed by atoms with Crippen LogP contribution in [0.4, 0.5) is 0 Å². The van der Waals surface area contributed by atoms with Crippen molar-refractivity contribution in [3.05, 3.63) is 53.1 Å². The highest BCUT2D eigenvalue weighted by Crippen LogP contribution is 2.66. The predicted octanol–water partition coefficient (Wildman–Crippen LogP) is 6.97. The molecule has 2 atom stereocenters. The van der Waals surface area contributed by atoms with Crippen molar-refractivity contribution in [2.45, 2.75) is 89.6 Å². The van der Waals surface area contributed by atoms with Gasteiger partial charge in [-0.15, -0.1) is 0 Å². The number of esters is 1. The minimum Gasteiger partial charge on any atom is -0.497 e. The Kier molecular flexibility index (Phi) is 7.72. The second kappa shape index (κ2) is 11.6. The van der Waals surface area contributed by atoms with E-state index in [1.54, 1.807) is 7.11 Å². The smallest absolute Gasteiger partial charge is 0.337 e. The van der Waals surface area contributed by atoms with Gasteiger partial charge in [-0.3, -0.25) is 4.79 Å². The summed E-state index contributed by atoms with van der Waals surface area (Å²) in [5.41, 5.74) is 6.21. The first-order valence-electron chi connectivity index (χ1n) is 16.9. The minimum absolute atomic E-state index is 0.151. The van der Waals surface area contributed by atoms with E-state index in [1.165, 1.54) is 67.0 Å². The van der Waals surface area contributed by atoms with Gasteiger partial charge in [0.2, 0.25) is 5.91 Å². The van der Waals surface area contributed by atoms with E-state index < -0.39 is 5.41 Å². The van der Waals surface area contributed by atoms with Crippen LogP contribution in [-0.2, 0) is 16.1 Å². The van der Waals surface area contributed by atoms with Crippen LogP contribution in [0.3, 0.4) is 0 Å². The quantitative estimate of drug-likeness (QED) is 0.275. The zero-order chi connectivity index (χ0) is 30.6. The van der Waals surface area contributed by atoms with Crippen LogP contribution in [-0.4, -0.2) is 72.7 Å². The van der Waals surface area contributed by atoms with Gasteiger partial charge in [0.15, 0.2) is 0 Å². The van der Waals surface area contributed by atoms with Gasteiger partial charge in [0.25, 0.3) is 0 Å². The van der Waals surface area contributed by atoms with Crippen molar-refractivity contribution in [2.75, 3.05) is 40.4 Å². The van der Waals surface area contributed by atoms with Crippen molar-refractivity contribution in [1.29, 1.82) is 0 Å². The van der Waals surface area contributed by atoms with Gasteiger partial charge in [0, 0.05) is 48.1 Å². The first kappa shape index (κ1) is 29.4. The third-order valence-electron chi connectivity index (χ3n) is 11.4. The van der Waals surface area contributed by atoms with Gasteiger partial charge in [-0.1, -0.05) is 39.2 Å². The minimum atomic E-state index is -0.495. The molecule has 7 nitrogen and oxygen atoms in total. The third-order valence-corrected chi connectivity index (χ3v) is 11.4. The second-order valence-corrected chi connectivity index (χ2v) is 13.5. The van der Waals surface area contributed by atoms with Crippen molar-refractivity contribution in [2.24, 2.45) is 5.41 Å². The number of fused-ring (bicyclic) bond motifs is 7. The van der Waals surface area contributed by atoms with E-state index in [2.05, 4.69) is 52.5 Å². The molecule has 2 aliphatic carbocycles. The Bertz CT molecular complexity index is 1580. The highest BCUT2D eigenvalue weighted by Gasteiger charge is 2.64. The molecule has 2 aromatic carbocycles. The van der Waals surface area contributed by atoms with Crippen molar-refractivity contribution < 1.29 is 19.1 Å². The SMILES string of the molecule is CCN(CC)C1CCN(C(=O)C23CC2c2cc(OC)ccc2-c2c(C4CCCCC4)c4ccc(C(=O)OC)cc4n2C3)CC1. The Morgan fingerprint density at radius 1 is 0.955 bits per heavy atom. The van der Waals surface area contributed by atoms with E-state index in [9.17, 15) is 9.59 Å². The van der Waals surface area contributed by atoms with Gasteiger partial charge in [0.1, 0.15) is 5.75 Å². The molecule has 7 rings (SSSR count). The number of likely N-dealkylation sites (tertiary alicyclic amines) is 1. The molecule has 3 aromatic rings. The van der Waals surface area contributed by atoms with Crippen LogP contribution in [0.5, 0.6) is 5.75 Å². The average molecular weight is 598 g/mol. The molecule has 0 spiro atoms. The van der Waals surface area contributed by atoms with Crippen molar-refractivity contribution in [3.8, 4) is 17.0 Å². The molecule has 0 bridgehead atoms. The Labute approximate surface area is 261 Å². The molecule has 1 aromatic heterocycles. The zero-order valence-corrected chi connectivity index (χ0v) is 26.9. The molecule has 2 aliphatic heterocycles. The maximum absolute atomic E-state index is 14.7. The highest BCUT2D eigenvalue weighted by atomic mass is 16.5. The summed E-state index contributed by atoms with van der Waals surface area (Å²) in [6.45, 7) is 8.85. The number of amides is 1. The van der Waals surface area contributed by atoms with Crippen LogP contribution >= 0.6 is 0 Å². The molecule has 3 heterocycles. The van der Waals surface area contributed by atoms with Gasteiger partial charge in [-0.2, -0.15) is 0 Å². The highest BCUT2D eigenvalue weighted by molar-refractivity contribution is 6.00. The van der Waals surface area contributed by atoms with E-state index >= 15 is 0 Å². The average Bonchev–Trinajstić information content (AvgIpc) is 3.75. The molecule has 2 unspecified atom stereocenters. The molecule has 44 heavy (non-hydrogen) atoms. The molecule has 1 saturated heterocycles. The van der Waals surface area contributed by atoms with Gasteiger partial charge in [0.05, 0.1) is 30.9 Å². The van der Waals surface area contributed by atoms with E-state index in [-0.39, 0.29) is 11.9 Å². The summed E-state index contributed by atoms with van der Waals surface area (Å²) >= 11 is 0. The Balaban J connectivity index is 1.37. The maximum atomic E-state index is 14.7. The Morgan fingerprint density at radius 3 is 2.39 bits per heavy atom. The summed E-state index contributed by atoms with van der Waals surface area (Å²) in [6.07, 6.45) is 9.01. The fourth-order valence-corrected chi connectivity index (χ4v) is 9.01. The molecular weight excluding hydrogens is 550 g/mol. The Morgan fingerprint density at radius 2 is 1.70 bits per heavy atom. The van der Waals surface area contributed by atoms with E-state index in [1.807, 2.05) is 12.1 Å². The molecule has 2 saturated carbocycles. The lowest BCUT2D eigenvalue weighted by atomic mass is 9.81. The number of ether oxygens (including phenoxy) is 2. The fourth-order valence-electron chi connectivity index (χ4n) is 9.01. The normalized spacial score (nSPS) is 23.6. The molecule has 0 radical (unpaired) electrons. The lowest BCUT2D eigenvalue weighted by molar-refractivity contribution is -0.139. The summed E-state index contributed by atoms with van der Waals surface area (Å²) in [7, 11) is 3.16. The maximum Gasteiger partial charge on any atom is 0.337 e. The monoisotopic (exact) mass is 597 g/mol. The molecule has 1 amide bonds. The first-order valence-corrected chi connectivity index (χ1v) is 16.9. The fraction of sp³-hybridized carbons (Fsp3) is 0.568. The number of piperidine rings is 1. The lowest BCUT2D eigenvalue weighted by Crippen LogP contribution is -2.49. The van der Waals surface area contributed by atoms with Crippen LogP contribution in [0, 0.1) is 5.41 Å². The lowest BCUT2D eigenvalue weighted by Gasteiger charge is -2.39. The number of aromatic nitrogens is 1. The summed E-state index contributed by atoms with van der Waals surface area (Å²) in [6, 6.07) is 13.1. The number of carbonyl (C=O) groups is 2. The molecular formula is C37H47N3O4. The van der Waals surface area contributed by atoms with Gasteiger partial charge in [-0.05, 0) is 92.6 Å². The van der Waals surface area contributed by atoms with Gasteiger partial charge >= 0.3 is 5.97 Å². The van der Waals surface area contributed by atoms with Crippen LogP contribution < -0.4 is 4.74 Å². The van der Waals surface area contributed by atoms with Gasteiger partial charge < -0.3 is 23.8 Å². The van der Waals surface area contributed by atoms with E-state index in [0.717, 1.165) is 56.7 Å². The number of rotatable bonds is 7. The van der Waals surface area contributed by atoms with Crippen LogP contribution in [0.25, 0.3) is 22.2 Å². The summed E-state index contributed by atoms with van der Waals surface area (Å²) < 4.78 is 13.3. The summed E-state index contributed by atoms with van der Waals surface area (Å²) in [5.74, 6) is 1.42. The van der Waals surface area contributed by atoms with Crippen molar-refractivity contribution in [1.82, 2.24) is 14.4 Å². The van der Waals surface area contributed by atoms with Crippen LogP contribution in [0.1, 0.15) is 98.5 Å². The van der Waals surface area contributed by atoms with Crippen LogP contribution in [0.2, 0.25) is 0 Å². The number of nitrogens with zero attached hydrogens (tertiary/aromatic N) is 3. The molecule has 4 aliphatic rings. The summed E-state index contributed by atoms with van der Waals surface area (Å²) in [5, 5.41) is 1.21. The largest absolute Gasteiger partial charge is 0.497 e. The standard InChI is InChI=1S/C37H47N3O4/c1-5-38(6-2)26-16-18-39(19-17-26)36(42)37-22-31(37)30-21-27(43-3)13-15-28(30)34-33(24-10-8-7-9-11-24)29-14-12-25(35(41)44-4)20-32(29)40(34)23-37/h12-15,20-21,24,26,31H,5-11,16-19,22-23H2,1-4H3. The van der Waals surface area contributed by atoms with E-state index in [0.29, 0.717) is 30.0 Å². The van der Waals surface area contributed by atoms with E-state index in [4.69, 9.17) is 9.47 Å². The second-order valence-electron chi connectivity index (χ2n) is 13.5. The first-order chi connectivity index (χ1) is 21.4. The topological polar surface area (TPSA) is 64.0 Å². The van der Waals surface area contributed by atoms with Crippen molar-refractivity contribution >= 4 is 22.8 Å². The number of benzene rings is 2. The number of methoxy groups -OCH3 is 2. The molecule has 0 N–H and O–H groups in total. The predicted molar refractivity (Wildman–Crippen MR) is 173 cm³/mol. The molecule has 234 valence electrons. The summed E-state index contributed by atoms with van der Waals surface area (Å²) in [4.78, 5) is 32.2. The van der Waals surface area contributed by atoms with Crippen molar-refractivity contribution in [3.63, 3.8) is 0 Å². The van der Waals surface area contributed by atoms with Crippen LogP contribution in [0.15, 0.2) is 36.4 Å². The molecule has 7 heteroatoms. The number of hydrogen-bond acceptors (Lipinski definition) is 5.